The molecule has 1 rings (SSSR count). The Bertz CT molecular complexity index is 467. The van der Waals surface area contributed by atoms with Gasteiger partial charge in [-0.2, -0.15) is 8.42 Å². The molecule has 0 N–H and O–H groups in total. The van der Waals surface area contributed by atoms with Gasteiger partial charge in [0.25, 0.3) is 10.1 Å². The Morgan fingerprint density at radius 1 is 1.18 bits per heavy atom. The molecule has 1 aromatic rings. The molecule has 0 unspecified atom stereocenters. The molecular formula is C9H8Cl3IO3S. The van der Waals surface area contributed by atoms with Crippen molar-refractivity contribution in [2.75, 3.05) is 6.61 Å². The standard InChI is InChI=1S/C9H8Cl3IO3S/c10-9(11,12)6-16-17(14,15)5-7-1-3-8(13)4-2-7/h1-4H,5-6H2. The molecule has 96 valence electrons. The smallest absolute Gasteiger partial charge is 0.265 e. The van der Waals surface area contributed by atoms with E-state index in [0.717, 1.165) is 3.57 Å². The van der Waals surface area contributed by atoms with Crippen molar-refractivity contribution in [3.63, 3.8) is 0 Å². The number of benzene rings is 1. The Morgan fingerprint density at radius 2 is 1.71 bits per heavy atom. The van der Waals surface area contributed by atoms with Crippen molar-refractivity contribution in [2.24, 2.45) is 0 Å². The lowest BCUT2D eigenvalue weighted by molar-refractivity contribution is 0.325. The summed E-state index contributed by atoms with van der Waals surface area (Å²) in [6, 6.07) is 7.02. The molecule has 17 heavy (non-hydrogen) atoms. The molecule has 0 aliphatic rings. The number of halogens is 4. The predicted octanol–water partition coefficient (Wildman–Crippen LogP) is 3.51. The van der Waals surface area contributed by atoms with E-state index in [1.807, 2.05) is 0 Å². The molecule has 0 bridgehead atoms. The van der Waals surface area contributed by atoms with E-state index in [4.69, 9.17) is 34.8 Å². The lowest BCUT2D eigenvalue weighted by Crippen LogP contribution is -2.18. The Balaban J connectivity index is 2.64. The van der Waals surface area contributed by atoms with Crippen LogP contribution < -0.4 is 0 Å². The second-order valence-electron chi connectivity index (χ2n) is 3.21. The molecule has 0 saturated heterocycles. The molecule has 0 aliphatic carbocycles. The Hall–Kier alpha value is 0.730. The molecule has 0 fully saturated rings. The van der Waals surface area contributed by atoms with E-state index in [-0.39, 0.29) is 5.75 Å². The van der Waals surface area contributed by atoms with E-state index in [1.54, 1.807) is 24.3 Å². The highest BCUT2D eigenvalue weighted by Crippen LogP contribution is 2.27. The van der Waals surface area contributed by atoms with Crippen LogP contribution >= 0.6 is 57.4 Å². The summed E-state index contributed by atoms with van der Waals surface area (Å²) in [7, 11) is -3.74. The third-order valence-corrected chi connectivity index (χ3v) is 3.87. The summed E-state index contributed by atoms with van der Waals surface area (Å²) in [6.45, 7) is -0.496. The molecule has 0 saturated carbocycles. The maximum atomic E-state index is 11.5. The van der Waals surface area contributed by atoms with Crippen molar-refractivity contribution in [3.8, 4) is 0 Å². The van der Waals surface area contributed by atoms with E-state index < -0.39 is 20.5 Å². The van der Waals surface area contributed by atoms with E-state index >= 15 is 0 Å². The van der Waals surface area contributed by atoms with Crippen molar-refractivity contribution in [1.82, 2.24) is 0 Å². The average Bonchev–Trinajstić information content (AvgIpc) is 2.18. The predicted molar refractivity (Wildman–Crippen MR) is 78.0 cm³/mol. The second-order valence-corrected chi connectivity index (χ2v) is 8.61. The van der Waals surface area contributed by atoms with Crippen LogP contribution in [0.4, 0.5) is 0 Å². The van der Waals surface area contributed by atoms with Crippen LogP contribution in [0.3, 0.4) is 0 Å². The Morgan fingerprint density at radius 3 is 2.18 bits per heavy atom. The van der Waals surface area contributed by atoms with Crippen LogP contribution in [0.1, 0.15) is 5.56 Å². The summed E-state index contributed by atoms with van der Waals surface area (Å²) in [4.78, 5) is 0. The highest BCUT2D eigenvalue weighted by Gasteiger charge is 2.24. The molecule has 3 nitrogen and oxygen atoms in total. The highest BCUT2D eigenvalue weighted by molar-refractivity contribution is 14.1. The summed E-state index contributed by atoms with van der Waals surface area (Å²) >= 11 is 18.3. The van der Waals surface area contributed by atoms with Crippen molar-refractivity contribution in [3.05, 3.63) is 33.4 Å². The minimum Gasteiger partial charge on any atom is -0.265 e. The minimum absolute atomic E-state index is 0.245. The normalized spacial score (nSPS) is 12.7. The van der Waals surface area contributed by atoms with Crippen molar-refractivity contribution >= 4 is 67.5 Å². The number of rotatable bonds is 4. The third-order valence-electron chi connectivity index (χ3n) is 1.66. The fourth-order valence-electron chi connectivity index (χ4n) is 0.983. The monoisotopic (exact) mass is 428 g/mol. The van der Waals surface area contributed by atoms with E-state index in [9.17, 15) is 8.42 Å². The number of hydrogen-bond acceptors (Lipinski definition) is 3. The van der Waals surface area contributed by atoms with Gasteiger partial charge in [0.2, 0.25) is 3.79 Å². The molecule has 0 atom stereocenters. The van der Waals surface area contributed by atoms with Gasteiger partial charge in [-0.1, -0.05) is 46.9 Å². The number of alkyl halides is 3. The van der Waals surface area contributed by atoms with E-state index in [2.05, 4.69) is 26.8 Å². The fourth-order valence-corrected chi connectivity index (χ4v) is 2.74. The zero-order valence-electron chi connectivity index (χ0n) is 8.37. The van der Waals surface area contributed by atoms with Crippen LogP contribution in [0.2, 0.25) is 0 Å². The largest absolute Gasteiger partial charge is 0.271 e. The molecular weight excluding hydrogens is 421 g/mol. The topological polar surface area (TPSA) is 43.4 Å². The van der Waals surface area contributed by atoms with Gasteiger partial charge >= 0.3 is 0 Å². The minimum atomic E-state index is -3.74. The van der Waals surface area contributed by atoms with Crippen LogP contribution in [-0.4, -0.2) is 18.8 Å². The van der Waals surface area contributed by atoms with Crippen molar-refractivity contribution in [2.45, 2.75) is 9.55 Å². The fraction of sp³-hybridized carbons (Fsp3) is 0.333. The molecule has 0 spiro atoms. The summed E-state index contributed by atoms with van der Waals surface area (Å²) < 4.78 is 26.9. The molecule has 0 heterocycles. The first-order valence-electron chi connectivity index (χ1n) is 4.36. The van der Waals surface area contributed by atoms with E-state index in [1.165, 1.54) is 0 Å². The molecule has 1 aromatic carbocycles. The highest BCUT2D eigenvalue weighted by atomic mass is 127. The Labute approximate surface area is 129 Å². The van der Waals surface area contributed by atoms with Gasteiger partial charge < -0.3 is 0 Å². The van der Waals surface area contributed by atoms with Gasteiger partial charge in [0.1, 0.15) is 12.4 Å². The quantitative estimate of drug-likeness (QED) is 0.418. The first-order chi connectivity index (χ1) is 7.68. The summed E-state index contributed by atoms with van der Waals surface area (Å²) in [5.74, 6) is -0.245. The number of hydrogen-bond donors (Lipinski definition) is 0. The maximum absolute atomic E-state index is 11.5. The van der Waals surface area contributed by atoms with Crippen LogP contribution in [-0.2, 0) is 20.1 Å². The SMILES string of the molecule is O=S(=O)(Cc1ccc(I)cc1)OCC(Cl)(Cl)Cl. The van der Waals surface area contributed by atoms with Gasteiger partial charge in [-0.05, 0) is 40.3 Å². The summed E-state index contributed by atoms with van der Waals surface area (Å²) in [5.41, 5.74) is 0.620. The van der Waals surface area contributed by atoms with Gasteiger partial charge in [0, 0.05) is 3.57 Å². The lowest BCUT2D eigenvalue weighted by atomic mass is 10.2. The zero-order valence-corrected chi connectivity index (χ0v) is 13.6. The molecule has 0 amide bonds. The van der Waals surface area contributed by atoms with Crippen LogP contribution in [0, 0.1) is 3.57 Å². The van der Waals surface area contributed by atoms with E-state index in [0.29, 0.717) is 5.56 Å². The van der Waals surface area contributed by atoms with Crippen LogP contribution in [0.25, 0.3) is 0 Å². The van der Waals surface area contributed by atoms with Gasteiger partial charge in [-0.15, -0.1) is 0 Å². The molecule has 8 heteroatoms. The van der Waals surface area contributed by atoms with Crippen LogP contribution in [0.5, 0.6) is 0 Å². The van der Waals surface area contributed by atoms with Crippen molar-refractivity contribution < 1.29 is 12.6 Å². The zero-order chi connectivity index (χ0) is 13.1. The maximum Gasteiger partial charge on any atom is 0.271 e. The lowest BCUT2D eigenvalue weighted by Gasteiger charge is -2.11. The van der Waals surface area contributed by atoms with Gasteiger partial charge in [-0.25, -0.2) is 0 Å². The first kappa shape index (κ1) is 15.8. The second kappa shape index (κ2) is 6.25. The summed E-state index contributed by atoms with van der Waals surface area (Å²) in [5, 5.41) is 0. The average molecular weight is 429 g/mol. The third kappa shape index (κ3) is 7.03. The van der Waals surface area contributed by atoms with Gasteiger partial charge in [0.05, 0.1) is 0 Å². The molecule has 0 aliphatic heterocycles. The molecule has 0 aromatic heterocycles. The first-order valence-corrected chi connectivity index (χ1v) is 8.15. The summed E-state index contributed by atoms with van der Waals surface area (Å²) in [6.07, 6.45) is 0. The van der Waals surface area contributed by atoms with Crippen molar-refractivity contribution in [1.29, 1.82) is 0 Å². The Kier molecular flexibility index (Phi) is 5.81. The van der Waals surface area contributed by atoms with Gasteiger partial charge in [0.15, 0.2) is 0 Å². The van der Waals surface area contributed by atoms with Crippen LogP contribution in [0.15, 0.2) is 24.3 Å². The molecule has 0 radical (unpaired) electrons. The van der Waals surface area contributed by atoms with Gasteiger partial charge in [-0.3, -0.25) is 4.18 Å².